The van der Waals surface area contributed by atoms with Gasteiger partial charge < -0.3 is 0 Å². The number of hydrogen-bond acceptors (Lipinski definition) is 1. The van der Waals surface area contributed by atoms with Crippen LogP contribution in [0.5, 0.6) is 0 Å². The second kappa shape index (κ2) is 7.07. The highest BCUT2D eigenvalue weighted by Gasteiger charge is 1.90. The van der Waals surface area contributed by atoms with E-state index in [1.807, 2.05) is 45.2 Å². The van der Waals surface area contributed by atoms with Crippen LogP contribution in [-0.2, 0) is 0 Å². The van der Waals surface area contributed by atoms with E-state index in [1.165, 1.54) is 5.56 Å². The molecule has 1 rings (SSSR count). The number of benzene rings is 1. The standard InChI is InChI=1S/C11H13N.C2H6/c1-9(2)12-8-11-7-5-4-6-10(11)3;1-2/h4-8H,1H2,2-3H3;1-2H3. The third kappa shape index (κ3) is 4.61. The molecule has 0 N–H and O–H groups in total. The molecule has 0 aromatic heterocycles. The highest BCUT2D eigenvalue weighted by molar-refractivity contribution is 5.82. The highest BCUT2D eigenvalue weighted by Crippen LogP contribution is 2.04. The number of hydrogen-bond donors (Lipinski definition) is 0. The third-order valence-corrected chi connectivity index (χ3v) is 1.61. The van der Waals surface area contributed by atoms with Crippen molar-refractivity contribution in [3.8, 4) is 0 Å². The number of rotatable bonds is 2. The molecule has 0 amide bonds. The van der Waals surface area contributed by atoms with E-state index in [4.69, 9.17) is 0 Å². The Bertz CT molecular complexity index is 311. The third-order valence-electron chi connectivity index (χ3n) is 1.61. The fourth-order valence-electron chi connectivity index (χ4n) is 0.911. The van der Waals surface area contributed by atoms with Gasteiger partial charge in [-0.1, -0.05) is 44.7 Å². The van der Waals surface area contributed by atoms with Crippen molar-refractivity contribution >= 4 is 6.21 Å². The molecule has 0 fully saturated rings. The SMILES string of the molecule is C=C(C)N=Cc1ccccc1C.CC. The van der Waals surface area contributed by atoms with E-state index in [0.717, 1.165) is 11.3 Å². The van der Waals surface area contributed by atoms with Crippen molar-refractivity contribution in [1.29, 1.82) is 0 Å². The Morgan fingerprint density at radius 2 is 1.86 bits per heavy atom. The Morgan fingerprint density at radius 3 is 2.36 bits per heavy atom. The average Bonchev–Trinajstić information content (AvgIpc) is 2.19. The van der Waals surface area contributed by atoms with Crippen LogP contribution in [0.4, 0.5) is 0 Å². The van der Waals surface area contributed by atoms with Gasteiger partial charge in [-0.05, 0) is 25.0 Å². The van der Waals surface area contributed by atoms with E-state index in [-0.39, 0.29) is 0 Å². The second-order valence-electron chi connectivity index (χ2n) is 2.85. The number of aliphatic imine (C=N–C) groups is 1. The Morgan fingerprint density at radius 1 is 1.29 bits per heavy atom. The zero-order chi connectivity index (χ0) is 11.0. The molecular formula is C13H19N. The normalized spacial score (nSPS) is 9.43. The first-order valence-electron chi connectivity index (χ1n) is 4.95. The fraction of sp³-hybridized carbons (Fsp3) is 0.308. The van der Waals surface area contributed by atoms with Crippen LogP contribution in [0.1, 0.15) is 31.9 Å². The van der Waals surface area contributed by atoms with Gasteiger partial charge in [-0.25, -0.2) is 0 Å². The molecule has 1 heteroatoms. The Labute approximate surface area is 87.2 Å². The van der Waals surface area contributed by atoms with E-state index in [1.54, 1.807) is 0 Å². The summed E-state index contributed by atoms with van der Waals surface area (Å²) in [4.78, 5) is 4.14. The molecule has 0 unspecified atom stereocenters. The first kappa shape index (κ1) is 12.6. The van der Waals surface area contributed by atoms with Crippen LogP contribution < -0.4 is 0 Å². The van der Waals surface area contributed by atoms with Crippen molar-refractivity contribution in [1.82, 2.24) is 0 Å². The summed E-state index contributed by atoms with van der Waals surface area (Å²) < 4.78 is 0. The second-order valence-corrected chi connectivity index (χ2v) is 2.85. The first-order valence-corrected chi connectivity index (χ1v) is 4.95. The Kier molecular flexibility index (Phi) is 6.38. The van der Waals surface area contributed by atoms with Crippen LogP contribution in [0.2, 0.25) is 0 Å². The molecule has 1 aromatic carbocycles. The van der Waals surface area contributed by atoms with Crippen molar-refractivity contribution in [3.63, 3.8) is 0 Å². The van der Waals surface area contributed by atoms with Gasteiger partial charge >= 0.3 is 0 Å². The lowest BCUT2D eigenvalue weighted by molar-refractivity contribution is 1.33. The van der Waals surface area contributed by atoms with E-state index < -0.39 is 0 Å². The maximum atomic E-state index is 4.14. The molecule has 0 saturated carbocycles. The molecule has 0 heterocycles. The van der Waals surface area contributed by atoms with Gasteiger partial charge in [0.1, 0.15) is 0 Å². The molecule has 0 saturated heterocycles. The summed E-state index contributed by atoms with van der Waals surface area (Å²) in [6.07, 6.45) is 1.84. The topological polar surface area (TPSA) is 12.4 Å². The van der Waals surface area contributed by atoms with Crippen LogP contribution in [0.25, 0.3) is 0 Å². The van der Waals surface area contributed by atoms with Crippen LogP contribution in [0, 0.1) is 6.92 Å². The van der Waals surface area contributed by atoms with Gasteiger partial charge in [0.05, 0.1) is 0 Å². The molecule has 0 aliphatic rings. The monoisotopic (exact) mass is 189 g/mol. The first-order chi connectivity index (χ1) is 6.70. The maximum Gasteiger partial charge on any atom is 0.0345 e. The summed E-state index contributed by atoms with van der Waals surface area (Å²) in [5.74, 6) is 0. The number of aryl methyl sites for hydroxylation is 1. The molecule has 14 heavy (non-hydrogen) atoms. The van der Waals surface area contributed by atoms with E-state index in [9.17, 15) is 0 Å². The van der Waals surface area contributed by atoms with Crippen LogP contribution >= 0.6 is 0 Å². The van der Waals surface area contributed by atoms with Gasteiger partial charge in [0.2, 0.25) is 0 Å². The molecule has 0 aliphatic heterocycles. The predicted octanol–water partition coefficient (Wildman–Crippen LogP) is 3.97. The van der Waals surface area contributed by atoms with Crippen molar-refractivity contribution in [2.45, 2.75) is 27.7 Å². The Balaban J connectivity index is 0.000000791. The molecule has 1 nitrogen and oxygen atoms in total. The van der Waals surface area contributed by atoms with Gasteiger partial charge in [-0.2, -0.15) is 0 Å². The summed E-state index contributed by atoms with van der Waals surface area (Å²) >= 11 is 0. The molecule has 0 atom stereocenters. The largest absolute Gasteiger partial charge is 0.262 e. The minimum Gasteiger partial charge on any atom is -0.262 e. The van der Waals surface area contributed by atoms with Gasteiger partial charge in [0, 0.05) is 11.9 Å². The molecule has 0 radical (unpaired) electrons. The van der Waals surface area contributed by atoms with Gasteiger partial charge in [0.15, 0.2) is 0 Å². The van der Waals surface area contributed by atoms with Gasteiger partial charge in [-0.15, -0.1) is 0 Å². The summed E-state index contributed by atoms with van der Waals surface area (Å²) in [6.45, 7) is 11.7. The zero-order valence-electron chi connectivity index (χ0n) is 9.54. The molecule has 0 bridgehead atoms. The summed E-state index contributed by atoms with van der Waals surface area (Å²) in [7, 11) is 0. The van der Waals surface area contributed by atoms with Gasteiger partial charge in [0.25, 0.3) is 0 Å². The van der Waals surface area contributed by atoms with Crippen LogP contribution in [0.3, 0.4) is 0 Å². The number of nitrogens with zero attached hydrogens (tertiary/aromatic N) is 1. The van der Waals surface area contributed by atoms with E-state index in [0.29, 0.717) is 0 Å². The van der Waals surface area contributed by atoms with E-state index >= 15 is 0 Å². The zero-order valence-corrected chi connectivity index (χ0v) is 9.54. The molecule has 76 valence electrons. The molecule has 1 aromatic rings. The van der Waals surface area contributed by atoms with Crippen molar-refractivity contribution in [2.24, 2.45) is 4.99 Å². The summed E-state index contributed by atoms with van der Waals surface area (Å²) in [6, 6.07) is 8.14. The smallest absolute Gasteiger partial charge is 0.0345 e. The van der Waals surface area contributed by atoms with Crippen LogP contribution in [-0.4, -0.2) is 6.21 Å². The predicted molar refractivity (Wildman–Crippen MR) is 64.9 cm³/mol. The van der Waals surface area contributed by atoms with Crippen molar-refractivity contribution in [2.75, 3.05) is 0 Å². The van der Waals surface area contributed by atoms with Crippen molar-refractivity contribution in [3.05, 3.63) is 47.7 Å². The molecule has 0 aliphatic carbocycles. The Hall–Kier alpha value is -1.37. The maximum absolute atomic E-state index is 4.14. The lowest BCUT2D eigenvalue weighted by atomic mass is 10.1. The van der Waals surface area contributed by atoms with Crippen LogP contribution in [0.15, 0.2) is 41.5 Å². The quantitative estimate of drug-likeness (QED) is 0.624. The summed E-state index contributed by atoms with van der Waals surface area (Å²) in [5, 5.41) is 0. The number of allylic oxidation sites excluding steroid dienone is 1. The molecule has 0 spiro atoms. The fourth-order valence-corrected chi connectivity index (χ4v) is 0.911. The average molecular weight is 189 g/mol. The van der Waals surface area contributed by atoms with E-state index in [2.05, 4.69) is 24.6 Å². The highest BCUT2D eigenvalue weighted by atomic mass is 14.7. The minimum absolute atomic E-state index is 0.832. The molecular weight excluding hydrogens is 170 g/mol. The lowest BCUT2D eigenvalue weighted by Gasteiger charge is -1.96. The lowest BCUT2D eigenvalue weighted by Crippen LogP contribution is -1.85. The van der Waals surface area contributed by atoms with Gasteiger partial charge in [-0.3, -0.25) is 4.99 Å². The van der Waals surface area contributed by atoms with Crippen molar-refractivity contribution < 1.29 is 0 Å². The minimum atomic E-state index is 0.832. The summed E-state index contributed by atoms with van der Waals surface area (Å²) in [5.41, 5.74) is 3.22.